The molecule has 2 rings (SSSR count). The molecule has 7 nitrogen and oxygen atoms in total. The molecule has 1 heterocycles. The largest absolute Gasteiger partial charge is 0.530 e. The van der Waals surface area contributed by atoms with E-state index in [4.69, 9.17) is 4.74 Å². The molecule has 0 saturated heterocycles. The minimum Gasteiger partial charge on any atom is -0.530 e. The molecule has 7 heteroatoms. The van der Waals surface area contributed by atoms with Crippen LogP contribution in [0.3, 0.4) is 0 Å². The predicted octanol–water partition coefficient (Wildman–Crippen LogP) is 2.08. The van der Waals surface area contributed by atoms with Crippen molar-refractivity contribution in [2.75, 3.05) is 6.61 Å². The number of unbranched alkanes of at least 4 members (excludes halogenated alkanes) is 1. The van der Waals surface area contributed by atoms with Gasteiger partial charge in [0.15, 0.2) is 0 Å². The summed E-state index contributed by atoms with van der Waals surface area (Å²) in [7, 11) is 0. The summed E-state index contributed by atoms with van der Waals surface area (Å²) in [6.07, 6.45) is 1.01. The molecule has 1 aromatic heterocycles. The summed E-state index contributed by atoms with van der Waals surface area (Å²) in [5.41, 5.74) is 0.612. The lowest BCUT2D eigenvalue weighted by Crippen LogP contribution is -2.38. The van der Waals surface area contributed by atoms with E-state index in [2.05, 4.69) is 5.32 Å². The van der Waals surface area contributed by atoms with Gasteiger partial charge in [-0.1, -0.05) is 33.3 Å². The Morgan fingerprint density at radius 2 is 2.07 bits per heavy atom. The summed E-state index contributed by atoms with van der Waals surface area (Å²) in [4.78, 5) is 35.2. The highest BCUT2D eigenvalue weighted by Gasteiger charge is 2.19. The fourth-order valence-corrected chi connectivity index (χ4v) is 2.93. The number of fused-ring (bicyclic) bond motifs is 1. The molecule has 0 aliphatic heterocycles. The highest BCUT2D eigenvalue weighted by atomic mass is 16.5. The molecule has 1 aromatic carbocycles. The highest BCUT2D eigenvalue weighted by Crippen LogP contribution is 2.29. The van der Waals surface area contributed by atoms with Crippen molar-refractivity contribution in [3.63, 3.8) is 0 Å². The number of amides is 1. The highest BCUT2D eigenvalue weighted by molar-refractivity contribution is 5.93. The molecule has 0 aliphatic carbocycles. The minimum atomic E-state index is -1.43. The lowest BCUT2D eigenvalue weighted by molar-refractivity contribution is -0.251. The molecule has 2 aromatic rings. The number of carbonyl (C=O) groups excluding carboxylic acids is 2. The van der Waals surface area contributed by atoms with Crippen LogP contribution in [-0.2, 0) is 13.1 Å². The van der Waals surface area contributed by atoms with Crippen molar-refractivity contribution < 1.29 is 19.4 Å². The first-order valence-electron chi connectivity index (χ1n) is 9.11. The predicted molar refractivity (Wildman–Crippen MR) is 101 cm³/mol. The lowest BCUT2D eigenvalue weighted by Gasteiger charge is -2.22. The fraction of sp³-hybridized carbons (Fsp3) is 0.450. The maximum absolute atomic E-state index is 13.0. The van der Waals surface area contributed by atoms with Crippen LogP contribution in [0.4, 0.5) is 4.79 Å². The zero-order valence-corrected chi connectivity index (χ0v) is 15.9. The summed E-state index contributed by atoms with van der Waals surface area (Å²) in [6.45, 7) is 6.70. The normalized spacial score (nSPS) is 11.0. The van der Waals surface area contributed by atoms with Crippen molar-refractivity contribution in [2.24, 2.45) is 5.92 Å². The number of nitrogens with one attached hydrogen (secondary N) is 1. The molecule has 0 radical (unpaired) electrons. The fourth-order valence-electron chi connectivity index (χ4n) is 2.93. The molecule has 0 aliphatic rings. The lowest BCUT2D eigenvalue weighted by atomic mass is 10.1. The van der Waals surface area contributed by atoms with Crippen LogP contribution >= 0.6 is 0 Å². The van der Waals surface area contributed by atoms with Gasteiger partial charge < -0.3 is 24.5 Å². The maximum Gasteiger partial charge on any atom is 0.258 e. The Bertz CT molecular complexity index is 886. The number of hydrogen-bond donors (Lipinski definition) is 1. The van der Waals surface area contributed by atoms with Gasteiger partial charge in [-0.15, -0.1) is 0 Å². The molecule has 0 bridgehead atoms. The van der Waals surface area contributed by atoms with Crippen molar-refractivity contribution in [1.82, 2.24) is 9.88 Å². The molecule has 146 valence electrons. The number of rotatable bonds is 9. The van der Waals surface area contributed by atoms with Gasteiger partial charge in [0.05, 0.1) is 24.2 Å². The molecule has 0 spiro atoms. The summed E-state index contributed by atoms with van der Waals surface area (Å²) >= 11 is 0. The van der Waals surface area contributed by atoms with Gasteiger partial charge in [-0.3, -0.25) is 9.59 Å². The third-order valence-electron chi connectivity index (χ3n) is 4.18. The smallest absolute Gasteiger partial charge is 0.258 e. The van der Waals surface area contributed by atoms with Crippen molar-refractivity contribution in [3.8, 4) is 5.75 Å². The van der Waals surface area contributed by atoms with Crippen LogP contribution in [0.1, 0.15) is 49.7 Å². The topological polar surface area (TPSA) is 100 Å². The number of aldehydes is 1. The zero-order chi connectivity index (χ0) is 20.0. The van der Waals surface area contributed by atoms with E-state index in [9.17, 15) is 19.5 Å². The molecule has 0 fully saturated rings. The summed E-state index contributed by atoms with van der Waals surface area (Å²) in [5.74, 6) is 0.593. The number of benzene rings is 1. The molecule has 1 N–H and O–H groups in total. The third kappa shape index (κ3) is 4.87. The van der Waals surface area contributed by atoms with E-state index < -0.39 is 6.09 Å². The van der Waals surface area contributed by atoms with Gasteiger partial charge in [-0.25, -0.2) is 0 Å². The van der Waals surface area contributed by atoms with E-state index in [-0.39, 0.29) is 18.0 Å². The van der Waals surface area contributed by atoms with E-state index in [0.717, 1.165) is 12.8 Å². The van der Waals surface area contributed by atoms with Gasteiger partial charge in [-0.05, 0) is 24.5 Å². The van der Waals surface area contributed by atoms with Crippen LogP contribution in [0, 0.1) is 5.92 Å². The van der Waals surface area contributed by atoms with Gasteiger partial charge in [-0.2, -0.15) is 0 Å². The second kappa shape index (κ2) is 9.21. The standard InChI is InChI=1S/C20H26N2O5/c1-4-5-8-27-18-16-9-14(12-23)6-7-15(16)19(24)22(11-13(2)3)17(18)10-21-20(25)26/h6-7,9,12-13,21H,4-5,8,10-11H2,1-3H3,(H,25,26)/p-1. The summed E-state index contributed by atoms with van der Waals surface area (Å²) in [6, 6.07) is 4.81. The van der Waals surface area contributed by atoms with Crippen molar-refractivity contribution >= 4 is 23.2 Å². The van der Waals surface area contributed by atoms with E-state index in [1.54, 1.807) is 22.8 Å². The van der Waals surface area contributed by atoms with E-state index in [0.29, 0.717) is 47.2 Å². The van der Waals surface area contributed by atoms with Crippen molar-refractivity contribution in [1.29, 1.82) is 0 Å². The summed E-state index contributed by atoms with van der Waals surface area (Å²) < 4.78 is 7.52. The van der Waals surface area contributed by atoms with Crippen molar-refractivity contribution in [3.05, 3.63) is 39.8 Å². The van der Waals surface area contributed by atoms with E-state index >= 15 is 0 Å². The van der Waals surface area contributed by atoms with Crippen LogP contribution in [0.25, 0.3) is 10.8 Å². The Balaban J connectivity index is 2.76. The SMILES string of the molecule is CCCCOc1c(CNC(=O)[O-])n(CC(C)C)c(=O)c2ccc(C=O)cc12. The number of ether oxygens (including phenoxy) is 1. The van der Waals surface area contributed by atoms with Gasteiger partial charge in [0.25, 0.3) is 5.56 Å². The van der Waals surface area contributed by atoms with Crippen LogP contribution in [0.15, 0.2) is 23.0 Å². The van der Waals surface area contributed by atoms with E-state index in [1.165, 1.54) is 0 Å². The van der Waals surface area contributed by atoms with Crippen LogP contribution in [0.2, 0.25) is 0 Å². The molecule has 27 heavy (non-hydrogen) atoms. The molecular weight excluding hydrogens is 348 g/mol. The first-order chi connectivity index (χ1) is 12.9. The Morgan fingerprint density at radius 1 is 1.33 bits per heavy atom. The number of carboxylic acid groups (broad SMARTS) is 1. The summed E-state index contributed by atoms with van der Waals surface area (Å²) in [5, 5.41) is 14.1. The molecule has 0 unspecified atom stereocenters. The average molecular weight is 373 g/mol. The number of nitrogens with zero attached hydrogens (tertiary/aromatic N) is 1. The van der Waals surface area contributed by atoms with E-state index in [1.807, 2.05) is 20.8 Å². The molecular formula is C20H25N2O5-. The van der Waals surface area contributed by atoms with Gasteiger partial charge in [0.1, 0.15) is 18.1 Å². The Labute approximate surface area is 157 Å². The first kappa shape index (κ1) is 20.5. The van der Waals surface area contributed by atoms with Gasteiger partial charge in [0, 0.05) is 17.5 Å². The third-order valence-corrected chi connectivity index (χ3v) is 4.18. The second-order valence-electron chi connectivity index (χ2n) is 6.85. The Morgan fingerprint density at radius 3 is 2.67 bits per heavy atom. The Kier molecular flexibility index (Phi) is 6.98. The van der Waals surface area contributed by atoms with Crippen LogP contribution in [0.5, 0.6) is 5.75 Å². The minimum absolute atomic E-state index is 0.118. The quantitative estimate of drug-likeness (QED) is 0.536. The number of hydrogen-bond acceptors (Lipinski definition) is 5. The number of carbonyl (C=O) groups is 2. The van der Waals surface area contributed by atoms with Gasteiger partial charge in [0.2, 0.25) is 0 Å². The Hall–Kier alpha value is -2.83. The maximum atomic E-state index is 13.0. The average Bonchev–Trinajstić information content (AvgIpc) is 2.63. The van der Waals surface area contributed by atoms with Crippen molar-refractivity contribution in [2.45, 2.75) is 46.7 Å². The second-order valence-corrected chi connectivity index (χ2v) is 6.85. The van der Waals surface area contributed by atoms with Gasteiger partial charge >= 0.3 is 0 Å². The molecule has 1 amide bonds. The first-order valence-corrected chi connectivity index (χ1v) is 9.11. The molecule has 0 saturated carbocycles. The monoisotopic (exact) mass is 373 g/mol. The zero-order valence-electron chi connectivity index (χ0n) is 15.9. The number of aromatic nitrogens is 1. The van der Waals surface area contributed by atoms with Crippen LogP contribution < -0.4 is 20.7 Å². The molecule has 0 atom stereocenters. The van der Waals surface area contributed by atoms with Crippen LogP contribution in [-0.4, -0.2) is 23.6 Å². The number of pyridine rings is 1.